The molecule has 0 radical (unpaired) electrons. The summed E-state index contributed by atoms with van der Waals surface area (Å²) >= 11 is 0. The number of nitrogens with zero attached hydrogens (tertiary/aromatic N) is 2. The van der Waals surface area contributed by atoms with Crippen LogP contribution >= 0.6 is 0 Å². The van der Waals surface area contributed by atoms with Gasteiger partial charge >= 0.3 is 0 Å². The van der Waals surface area contributed by atoms with Gasteiger partial charge in [-0.3, -0.25) is 9.59 Å². The third-order valence-corrected chi connectivity index (χ3v) is 7.02. The van der Waals surface area contributed by atoms with E-state index in [4.69, 9.17) is 4.74 Å². The average molecular weight is 446 g/mol. The number of para-hydroxylation sites is 1. The summed E-state index contributed by atoms with van der Waals surface area (Å²) in [6.45, 7) is 4.38. The lowest BCUT2D eigenvalue weighted by molar-refractivity contribution is -0.134. The highest BCUT2D eigenvalue weighted by molar-refractivity contribution is 7.89. The minimum Gasteiger partial charge on any atom is -0.483 e. The second kappa shape index (κ2) is 9.93. The molecule has 9 heteroatoms. The Morgan fingerprint density at radius 1 is 1.00 bits per heavy atom. The van der Waals surface area contributed by atoms with E-state index in [9.17, 15) is 18.0 Å². The molecule has 0 bridgehead atoms. The molecule has 0 atom stereocenters. The van der Waals surface area contributed by atoms with Gasteiger partial charge in [0, 0.05) is 38.8 Å². The first kappa shape index (κ1) is 22.8. The van der Waals surface area contributed by atoms with Crippen molar-refractivity contribution in [2.24, 2.45) is 0 Å². The van der Waals surface area contributed by atoms with Gasteiger partial charge in [0.05, 0.1) is 4.90 Å². The fourth-order valence-corrected chi connectivity index (χ4v) is 4.83. The molecule has 1 N–H and O–H groups in total. The van der Waals surface area contributed by atoms with E-state index < -0.39 is 10.0 Å². The van der Waals surface area contributed by atoms with Crippen molar-refractivity contribution in [3.63, 3.8) is 0 Å². The van der Waals surface area contributed by atoms with Crippen molar-refractivity contribution < 1.29 is 22.7 Å². The lowest BCUT2D eigenvalue weighted by atomic mass is 10.1. The number of ether oxygens (including phenoxy) is 1. The zero-order valence-corrected chi connectivity index (χ0v) is 18.5. The molecule has 0 aliphatic carbocycles. The lowest BCUT2D eigenvalue weighted by Gasteiger charge is -2.34. The normalized spacial score (nSPS) is 14.8. The molecule has 2 aromatic rings. The summed E-state index contributed by atoms with van der Waals surface area (Å²) in [5.74, 6) is 0.309. The van der Waals surface area contributed by atoms with Gasteiger partial charge < -0.3 is 15.0 Å². The largest absolute Gasteiger partial charge is 0.483 e. The van der Waals surface area contributed by atoms with Crippen LogP contribution < -0.4 is 10.1 Å². The lowest BCUT2D eigenvalue weighted by Crippen LogP contribution is -2.51. The number of piperazine rings is 1. The van der Waals surface area contributed by atoms with E-state index >= 15 is 0 Å². The summed E-state index contributed by atoms with van der Waals surface area (Å²) in [5, 5.41) is 2.61. The zero-order chi connectivity index (χ0) is 22.4. The molecule has 0 aromatic heterocycles. The number of amides is 2. The van der Waals surface area contributed by atoms with Gasteiger partial charge in [-0.25, -0.2) is 8.42 Å². The monoisotopic (exact) mass is 445 g/mol. The molecule has 2 amide bonds. The maximum Gasteiger partial charge on any atom is 0.260 e. The number of benzene rings is 2. The molecule has 0 saturated carbocycles. The van der Waals surface area contributed by atoms with E-state index in [1.165, 1.54) is 23.4 Å². The van der Waals surface area contributed by atoms with Crippen LogP contribution in [0.5, 0.6) is 5.75 Å². The summed E-state index contributed by atoms with van der Waals surface area (Å²) in [6.07, 6.45) is 0.812. The number of sulfonamides is 1. The average Bonchev–Trinajstić information content (AvgIpc) is 2.77. The van der Waals surface area contributed by atoms with E-state index in [0.717, 1.165) is 12.0 Å². The smallest absolute Gasteiger partial charge is 0.260 e. The first-order valence-electron chi connectivity index (χ1n) is 10.2. The van der Waals surface area contributed by atoms with Crippen LogP contribution in [0.25, 0.3) is 0 Å². The fraction of sp³-hybridized carbons (Fsp3) is 0.364. The number of nitrogens with one attached hydrogen (secondary N) is 1. The van der Waals surface area contributed by atoms with Crippen molar-refractivity contribution >= 4 is 27.5 Å². The highest BCUT2D eigenvalue weighted by atomic mass is 32.2. The summed E-state index contributed by atoms with van der Waals surface area (Å²) in [7, 11) is -3.67. The highest BCUT2D eigenvalue weighted by Crippen LogP contribution is 2.21. The topological polar surface area (TPSA) is 96.0 Å². The maximum atomic E-state index is 12.9. The van der Waals surface area contributed by atoms with E-state index in [2.05, 4.69) is 5.32 Å². The molecule has 0 spiro atoms. The minimum atomic E-state index is -3.67. The quantitative estimate of drug-likeness (QED) is 0.704. The van der Waals surface area contributed by atoms with E-state index in [1.54, 1.807) is 17.0 Å². The summed E-state index contributed by atoms with van der Waals surface area (Å²) in [5.41, 5.74) is 1.57. The third-order valence-electron chi connectivity index (χ3n) is 5.11. The van der Waals surface area contributed by atoms with Crippen molar-refractivity contribution in [3.8, 4) is 5.75 Å². The Labute approximate surface area is 182 Å². The zero-order valence-electron chi connectivity index (χ0n) is 17.7. The Morgan fingerprint density at radius 3 is 2.26 bits per heavy atom. The molecule has 2 aromatic carbocycles. The van der Waals surface area contributed by atoms with Crippen LogP contribution in [0.1, 0.15) is 19.4 Å². The summed E-state index contributed by atoms with van der Waals surface area (Å²) in [6, 6.07) is 13.7. The van der Waals surface area contributed by atoms with Gasteiger partial charge in [0.2, 0.25) is 15.9 Å². The van der Waals surface area contributed by atoms with Crippen LogP contribution in [0.15, 0.2) is 53.4 Å². The Balaban J connectivity index is 1.55. The van der Waals surface area contributed by atoms with Gasteiger partial charge in [0.15, 0.2) is 6.61 Å². The van der Waals surface area contributed by atoms with E-state index in [1.807, 2.05) is 31.2 Å². The van der Waals surface area contributed by atoms with Crippen LogP contribution in [0.2, 0.25) is 0 Å². The number of hydrogen-bond acceptors (Lipinski definition) is 5. The van der Waals surface area contributed by atoms with E-state index in [-0.39, 0.29) is 36.4 Å². The molecular weight excluding hydrogens is 418 g/mol. The van der Waals surface area contributed by atoms with Gasteiger partial charge in [-0.15, -0.1) is 0 Å². The van der Waals surface area contributed by atoms with Gasteiger partial charge in [-0.05, 0) is 42.3 Å². The molecule has 31 heavy (non-hydrogen) atoms. The molecule has 1 fully saturated rings. The summed E-state index contributed by atoms with van der Waals surface area (Å²) < 4.78 is 32.8. The van der Waals surface area contributed by atoms with Gasteiger partial charge in [-0.2, -0.15) is 4.31 Å². The Kier molecular flexibility index (Phi) is 7.29. The summed E-state index contributed by atoms with van der Waals surface area (Å²) in [4.78, 5) is 25.4. The molecule has 3 rings (SSSR count). The highest BCUT2D eigenvalue weighted by Gasteiger charge is 2.30. The first-order chi connectivity index (χ1) is 14.8. The van der Waals surface area contributed by atoms with Crippen LogP contribution in [0.4, 0.5) is 5.69 Å². The molecule has 0 unspecified atom stereocenters. The number of carbonyl (C=O) groups is 2. The van der Waals surface area contributed by atoms with Crippen molar-refractivity contribution in [2.45, 2.75) is 25.2 Å². The van der Waals surface area contributed by atoms with Crippen molar-refractivity contribution in [3.05, 3.63) is 54.1 Å². The number of hydrogen-bond donors (Lipinski definition) is 1. The molecule has 166 valence electrons. The maximum absolute atomic E-state index is 12.9. The molecule has 1 saturated heterocycles. The standard InChI is InChI=1S/C22H27N3O5S/c1-3-18-6-4-5-7-21(18)30-16-22(27)24-12-14-25(15-13-24)31(28,29)20-10-8-19(9-11-20)23-17(2)26/h4-11H,3,12-16H2,1-2H3,(H,23,26). The van der Waals surface area contributed by atoms with Gasteiger partial charge in [0.25, 0.3) is 5.91 Å². The van der Waals surface area contributed by atoms with E-state index in [0.29, 0.717) is 24.5 Å². The number of carbonyl (C=O) groups excluding carboxylic acids is 2. The Bertz CT molecular complexity index is 1030. The second-order valence-electron chi connectivity index (χ2n) is 7.24. The second-order valence-corrected chi connectivity index (χ2v) is 9.18. The molecule has 1 aliphatic heterocycles. The van der Waals surface area contributed by atoms with Crippen LogP contribution in [-0.4, -0.2) is 62.2 Å². The molecule has 1 heterocycles. The number of anilines is 1. The predicted octanol–water partition coefficient (Wildman–Crippen LogP) is 2.12. The first-order valence-corrected chi connectivity index (χ1v) is 11.6. The van der Waals surface area contributed by atoms with Crippen molar-refractivity contribution in [1.29, 1.82) is 0 Å². The van der Waals surface area contributed by atoms with Gasteiger partial charge in [0.1, 0.15) is 5.75 Å². The Morgan fingerprint density at radius 2 is 1.65 bits per heavy atom. The molecule has 1 aliphatic rings. The van der Waals surface area contributed by atoms with Crippen LogP contribution in [-0.2, 0) is 26.0 Å². The minimum absolute atomic E-state index is 0.0750. The molecule has 8 nitrogen and oxygen atoms in total. The fourth-order valence-electron chi connectivity index (χ4n) is 3.41. The third kappa shape index (κ3) is 5.62. The predicted molar refractivity (Wildman–Crippen MR) is 117 cm³/mol. The number of aryl methyl sites for hydroxylation is 1. The molecular formula is C22H27N3O5S. The van der Waals surface area contributed by atoms with Crippen molar-refractivity contribution in [1.82, 2.24) is 9.21 Å². The van der Waals surface area contributed by atoms with Gasteiger partial charge in [-0.1, -0.05) is 25.1 Å². The SMILES string of the molecule is CCc1ccccc1OCC(=O)N1CCN(S(=O)(=O)c2ccc(NC(C)=O)cc2)CC1. The van der Waals surface area contributed by atoms with Crippen molar-refractivity contribution in [2.75, 3.05) is 38.1 Å². The Hall–Kier alpha value is -2.91. The van der Waals surface area contributed by atoms with Crippen LogP contribution in [0.3, 0.4) is 0 Å². The number of rotatable bonds is 7. The van der Waals surface area contributed by atoms with Crippen LogP contribution in [0, 0.1) is 0 Å².